The van der Waals surface area contributed by atoms with Crippen molar-refractivity contribution in [3.05, 3.63) is 120 Å². The maximum absolute atomic E-state index is 4.17. The maximum Gasteiger partial charge on any atom is 0.133 e. The molecule has 0 saturated heterocycles. The molecule has 3 rings (SSSR count). The summed E-state index contributed by atoms with van der Waals surface area (Å²) in [5, 5.41) is 0. The van der Waals surface area contributed by atoms with Crippen LogP contribution >= 0.6 is 0 Å². The van der Waals surface area contributed by atoms with Gasteiger partial charge in [0.15, 0.2) is 0 Å². The fraction of sp³-hybridized carbons (Fsp3) is 0.167. The van der Waals surface area contributed by atoms with Crippen LogP contribution in [0.2, 0.25) is 0 Å². The van der Waals surface area contributed by atoms with Crippen molar-refractivity contribution in [2.45, 2.75) is 19.1 Å². The quantitative estimate of drug-likeness (QED) is 0.447. The average Bonchev–Trinajstić information content (AvgIpc) is 2.64. The molecule has 0 fully saturated rings. The molecule has 0 aromatic heterocycles. The summed E-state index contributed by atoms with van der Waals surface area (Å²) in [6.45, 7) is 6.09. The predicted molar refractivity (Wildman–Crippen MR) is 106 cm³/mol. The molecule has 0 N–H and O–H groups in total. The summed E-state index contributed by atoms with van der Waals surface area (Å²) in [5.74, 6) is 0. The molecule has 3 aromatic carbocycles. The van der Waals surface area contributed by atoms with E-state index in [0.717, 1.165) is 17.6 Å². The van der Waals surface area contributed by atoms with Crippen molar-refractivity contribution in [1.82, 2.24) is 0 Å². The van der Waals surface area contributed by atoms with Crippen LogP contribution in [0, 0.1) is 0 Å². The van der Waals surface area contributed by atoms with Crippen LogP contribution in [0.3, 0.4) is 0 Å². The fourth-order valence-electron chi connectivity index (χ4n) is 3.65. The van der Waals surface area contributed by atoms with Gasteiger partial charge in [-0.1, -0.05) is 97.6 Å². The van der Waals surface area contributed by atoms with Crippen LogP contribution in [-0.2, 0) is 13.1 Å². The molecule has 0 saturated carbocycles. The van der Waals surface area contributed by atoms with Gasteiger partial charge in [-0.3, -0.25) is 0 Å². The minimum Gasteiger partial charge on any atom is -1.00 e. The van der Waals surface area contributed by atoms with Gasteiger partial charge < -0.3 is 16.9 Å². The van der Waals surface area contributed by atoms with Gasteiger partial charge in [0.05, 0.1) is 7.05 Å². The second-order valence-electron chi connectivity index (χ2n) is 6.86. The van der Waals surface area contributed by atoms with Crippen LogP contribution < -0.4 is 12.4 Å². The van der Waals surface area contributed by atoms with Gasteiger partial charge in [0.25, 0.3) is 0 Å². The molecule has 0 radical (unpaired) electrons. The van der Waals surface area contributed by atoms with Gasteiger partial charge in [-0.2, -0.15) is 0 Å². The smallest absolute Gasteiger partial charge is 0.133 e. The first kappa shape index (κ1) is 20.0. The number of hydrogen-bond acceptors (Lipinski definition) is 0. The molecule has 0 heterocycles. The van der Waals surface area contributed by atoms with E-state index in [0.29, 0.717) is 0 Å². The van der Waals surface area contributed by atoms with Gasteiger partial charge >= 0.3 is 0 Å². The zero-order chi connectivity index (χ0) is 17.5. The highest BCUT2D eigenvalue weighted by molar-refractivity contribution is 5.22. The van der Waals surface area contributed by atoms with E-state index in [2.05, 4.69) is 111 Å². The Balaban J connectivity index is 0.00000243. The van der Waals surface area contributed by atoms with Gasteiger partial charge in [-0.05, 0) is 6.08 Å². The molecule has 1 atom stereocenters. The Labute approximate surface area is 163 Å². The number of benzene rings is 3. The minimum absolute atomic E-state index is 0. The van der Waals surface area contributed by atoms with E-state index in [1.54, 1.807) is 0 Å². The average molecular weight is 364 g/mol. The van der Waals surface area contributed by atoms with E-state index < -0.39 is 0 Å². The lowest BCUT2D eigenvalue weighted by Gasteiger charge is -2.41. The lowest BCUT2D eigenvalue weighted by atomic mass is 10.00. The van der Waals surface area contributed by atoms with E-state index in [1.807, 2.05) is 0 Å². The highest BCUT2D eigenvalue weighted by atomic mass is 35.5. The number of rotatable bonds is 7. The number of nitrogens with zero attached hydrogens (tertiary/aromatic N) is 1. The summed E-state index contributed by atoms with van der Waals surface area (Å²) in [5.41, 5.74) is 4.01. The number of hydrogen-bond donors (Lipinski definition) is 0. The van der Waals surface area contributed by atoms with E-state index in [9.17, 15) is 0 Å². The molecule has 2 heteroatoms. The minimum atomic E-state index is 0. The summed E-state index contributed by atoms with van der Waals surface area (Å²) in [4.78, 5) is 0. The molecule has 0 bridgehead atoms. The van der Waals surface area contributed by atoms with Crippen LogP contribution in [0.1, 0.15) is 22.7 Å². The van der Waals surface area contributed by atoms with Crippen LogP contribution in [0.5, 0.6) is 0 Å². The third kappa shape index (κ3) is 4.85. The van der Waals surface area contributed by atoms with Crippen LogP contribution in [-0.4, -0.2) is 11.5 Å². The standard InChI is InChI=1S/C24H26N.ClH/c1-3-24(23-17-11-6-12-18-23)25(2,19-21-13-7-4-8-14-21)20-22-15-9-5-10-16-22;/h3-18,24H,1,19-20H2,2H3;1H/q+1;/p-1. The molecule has 0 aliphatic heterocycles. The van der Waals surface area contributed by atoms with Crippen molar-refractivity contribution in [3.8, 4) is 0 Å². The Morgan fingerprint density at radius 1 is 0.731 bits per heavy atom. The second kappa shape index (κ2) is 9.38. The number of likely N-dealkylation sites (N-methyl/N-ethyl adjacent to an activating group) is 1. The van der Waals surface area contributed by atoms with Crippen molar-refractivity contribution in [3.63, 3.8) is 0 Å². The molecule has 1 nitrogen and oxygen atoms in total. The summed E-state index contributed by atoms with van der Waals surface area (Å²) in [6.07, 6.45) is 2.10. The van der Waals surface area contributed by atoms with E-state index in [1.165, 1.54) is 16.7 Å². The summed E-state index contributed by atoms with van der Waals surface area (Å²) in [7, 11) is 2.33. The first-order valence-electron chi connectivity index (χ1n) is 8.81. The lowest BCUT2D eigenvalue weighted by Crippen LogP contribution is -3.00. The molecule has 134 valence electrons. The zero-order valence-electron chi connectivity index (χ0n) is 15.3. The van der Waals surface area contributed by atoms with Gasteiger partial charge in [-0.15, -0.1) is 0 Å². The van der Waals surface area contributed by atoms with Crippen molar-refractivity contribution in [2.75, 3.05) is 7.05 Å². The van der Waals surface area contributed by atoms with Gasteiger partial charge in [0, 0.05) is 16.7 Å². The largest absolute Gasteiger partial charge is 1.00 e. The van der Waals surface area contributed by atoms with E-state index >= 15 is 0 Å². The zero-order valence-corrected chi connectivity index (χ0v) is 16.0. The summed E-state index contributed by atoms with van der Waals surface area (Å²) < 4.78 is 0.863. The SMILES string of the molecule is C=CC(c1ccccc1)[N+](C)(Cc1ccccc1)Cc1ccccc1.[Cl-]. The molecule has 0 aliphatic carbocycles. The summed E-state index contributed by atoms with van der Waals surface area (Å²) in [6, 6.07) is 32.4. The van der Waals surface area contributed by atoms with Crippen molar-refractivity contribution >= 4 is 0 Å². The predicted octanol–water partition coefficient (Wildman–Crippen LogP) is 2.76. The Bertz CT molecular complexity index is 743. The monoisotopic (exact) mass is 363 g/mol. The van der Waals surface area contributed by atoms with E-state index in [-0.39, 0.29) is 18.4 Å². The number of quaternary nitrogens is 1. The van der Waals surface area contributed by atoms with Crippen LogP contribution in [0.25, 0.3) is 0 Å². The highest BCUT2D eigenvalue weighted by Gasteiger charge is 2.32. The Kier molecular flexibility index (Phi) is 7.20. The summed E-state index contributed by atoms with van der Waals surface area (Å²) >= 11 is 0. The molecule has 26 heavy (non-hydrogen) atoms. The van der Waals surface area contributed by atoms with Crippen LogP contribution in [0.4, 0.5) is 0 Å². The Morgan fingerprint density at radius 3 is 1.50 bits per heavy atom. The molecule has 0 aliphatic rings. The van der Waals surface area contributed by atoms with Crippen LogP contribution in [0.15, 0.2) is 104 Å². The molecule has 3 aromatic rings. The lowest BCUT2D eigenvalue weighted by molar-refractivity contribution is -0.958. The van der Waals surface area contributed by atoms with Crippen molar-refractivity contribution in [1.29, 1.82) is 0 Å². The normalized spacial score (nSPS) is 12.0. The number of halogens is 1. The molecular formula is C24H26ClN. The van der Waals surface area contributed by atoms with Crippen molar-refractivity contribution < 1.29 is 16.9 Å². The second-order valence-corrected chi connectivity index (χ2v) is 6.86. The van der Waals surface area contributed by atoms with Crippen molar-refractivity contribution in [2.24, 2.45) is 0 Å². The Morgan fingerprint density at radius 2 is 1.12 bits per heavy atom. The van der Waals surface area contributed by atoms with E-state index in [4.69, 9.17) is 0 Å². The van der Waals surface area contributed by atoms with Gasteiger partial charge in [0.1, 0.15) is 19.1 Å². The third-order valence-electron chi connectivity index (χ3n) is 4.81. The fourth-order valence-corrected chi connectivity index (χ4v) is 3.65. The van der Waals surface area contributed by atoms with Gasteiger partial charge in [-0.25, -0.2) is 0 Å². The first-order valence-corrected chi connectivity index (χ1v) is 8.81. The first-order chi connectivity index (χ1) is 12.2. The molecule has 0 amide bonds. The van der Waals surface area contributed by atoms with Gasteiger partial charge in [0.2, 0.25) is 0 Å². The maximum atomic E-state index is 4.17. The third-order valence-corrected chi connectivity index (χ3v) is 4.81. The topological polar surface area (TPSA) is 0 Å². The molecular weight excluding hydrogens is 338 g/mol. The Hall–Kier alpha value is -2.35. The molecule has 0 spiro atoms. The molecule has 1 unspecified atom stereocenters. The highest BCUT2D eigenvalue weighted by Crippen LogP contribution is 2.32.